The van der Waals surface area contributed by atoms with Crippen LogP contribution in [0.1, 0.15) is 60.3 Å². The van der Waals surface area contributed by atoms with Crippen molar-refractivity contribution >= 4 is 12.0 Å². The van der Waals surface area contributed by atoms with E-state index in [0.29, 0.717) is 25.9 Å². The summed E-state index contributed by atoms with van der Waals surface area (Å²) in [6, 6.07) is -0.140. The lowest BCUT2D eigenvalue weighted by Crippen LogP contribution is -2.55. The summed E-state index contributed by atoms with van der Waals surface area (Å²) in [7, 11) is 0. The highest BCUT2D eigenvalue weighted by atomic mass is 16.6. The van der Waals surface area contributed by atoms with Gasteiger partial charge in [-0.05, 0) is 46.5 Å². The normalized spacial score (nSPS) is 19.7. The highest BCUT2D eigenvalue weighted by Crippen LogP contribution is 2.18. The smallest absolute Gasteiger partial charge is 0.410 e. The summed E-state index contributed by atoms with van der Waals surface area (Å²) in [5, 5.41) is 13.1. The number of nitrogens with zero attached hydrogens (tertiary/aromatic N) is 1. The van der Waals surface area contributed by atoms with Crippen molar-refractivity contribution in [2.24, 2.45) is 0 Å². The molecule has 0 aromatic carbocycles. The average molecular weight is 314 g/mol. The second-order valence-corrected chi connectivity index (χ2v) is 6.98. The van der Waals surface area contributed by atoms with Gasteiger partial charge in [0.25, 0.3) is 5.91 Å². The number of hydrogen-bond donors (Lipinski definition) is 2. The van der Waals surface area contributed by atoms with Gasteiger partial charge in [0, 0.05) is 19.1 Å². The van der Waals surface area contributed by atoms with E-state index in [1.165, 1.54) is 0 Å². The van der Waals surface area contributed by atoms with Crippen molar-refractivity contribution in [2.45, 2.75) is 77.5 Å². The highest BCUT2D eigenvalue weighted by Gasteiger charge is 2.35. The number of aliphatic hydroxyl groups is 1. The first-order chi connectivity index (χ1) is 10.1. The third-order valence-corrected chi connectivity index (χ3v) is 4.00. The number of hydrogen-bond acceptors (Lipinski definition) is 4. The number of ether oxygens (including phenoxy) is 1. The van der Waals surface area contributed by atoms with Crippen LogP contribution in [-0.4, -0.2) is 52.3 Å². The van der Waals surface area contributed by atoms with E-state index >= 15 is 0 Å². The van der Waals surface area contributed by atoms with Crippen LogP contribution in [-0.2, 0) is 9.53 Å². The first kappa shape index (κ1) is 18.7. The lowest BCUT2D eigenvalue weighted by Gasteiger charge is -2.35. The summed E-state index contributed by atoms with van der Waals surface area (Å²) < 4.78 is 5.37. The van der Waals surface area contributed by atoms with Gasteiger partial charge in [0.05, 0.1) is 0 Å². The van der Waals surface area contributed by atoms with E-state index in [2.05, 4.69) is 5.32 Å². The Kier molecular flexibility index (Phi) is 6.23. The van der Waals surface area contributed by atoms with E-state index in [1.807, 2.05) is 20.8 Å². The standard InChI is InChI=1S/C16H30N2O4/c1-6-16(21,7-2)13(19)17-12-9-8-10-18(11-12)14(20)22-15(3,4)5/h12,21H,6-11H2,1-5H3,(H,17,19). The summed E-state index contributed by atoms with van der Waals surface area (Å²) in [5.74, 6) is -0.353. The number of piperidine rings is 1. The Balaban J connectivity index is 2.60. The van der Waals surface area contributed by atoms with Gasteiger partial charge in [0.15, 0.2) is 0 Å². The molecule has 1 heterocycles. The van der Waals surface area contributed by atoms with E-state index < -0.39 is 11.2 Å². The molecule has 1 unspecified atom stereocenters. The molecule has 0 aliphatic carbocycles. The van der Waals surface area contributed by atoms with Crippen molar-refractivity contribution in [2.75, 3.05) is 13.1 Å². The average Bonchev–Trinajstić information content (AvgIpc) is 2.44. The first-order valence-electron chi connectivity index (χ1n) is 8.12. The Bertz CT molecular complexity index is 399. The second kappa shape index (κ2) is 7.31. The van der Waals surface area contributed by atoms with Gasteiger partial charge in [-0.3, -0.25) is 4.79 Å². The van der Waals surface area contributed by atoms with Gasteiger partial charge >= 0.3 is 6.09 Å². The fourth-order valence-corrected chi connectivity index (χ4v) is 2.48. The third kappa shape index (κ3) is 5.16. The molecule has 1 aliphatic heterocycles. The zero-order valence-electron chi connectivity index (χ0n) is 14.4. The molecule has 2 N–H and O–H groups in total. The molecule has 1 atom stereocenters. The second-order valence-electron chi connectivity index (χ2n) is 6.98. The number of rotatable bonds is 4. The zero-order valence-corrected chi connectivity index (χ0v) is 14.4. The molecule has 6 nitrogen and oxygen atoms in total. The molecule has 0 bridgehead atoms. The monoisotopic (exact) mass is 314 g/mol. The van der Waals surface area contributed by atoms with Crippen LogP contribution >= 0.6 is 0 Å². The van der Waals surface area contributed by atoms with E-state index in [9.17, 15) is 14.7 Å². The summed E-state index contributed by atoms with van der Waals surface area (Å²) in [6.45, 7) is 10.1. The largest absolute Gasteiger partial charge is 0.444 e. The fourth-order valence-electron chi connectivity index (χ4n) is 2.48. The molecule has 0 saturated carbocycles. The maximum absolute atomic E-state index is 12.2. The van der Waals surface area contributed by atoms with Gasteiger partial charge in [-0.2, -0.15) is 0 Å². The van der Waals surface area contributed by atoms with E-state index in [4.69, 9.17) is 4.74 Å². The topological polar surface area (TPSA) is 78.9 Å². The minimum Gasteiger partial charge on any atom is -0.444 e. The molecule has 0 aromatic rings. The van der Waals surface area contributed by atoms with Gasteiger partial charge < -0.3 is 20.1 Å². The zero-order chi connectivity index (χ0) is 17.0. The number of carbonyl (C=O) groups excluding carboxylic acids is 2. The van der Waals surface area contributed by atoms with Crippen LogP contribution in [0.2, 0.25) is 0 Å². The highest BCUT2D eigenvalue weighted by molar-refractivity contribution is 5.85. The molecule has 2 amide bonds. The van der Waals surface area contributed by atoms with Crippen molar-refractivity contribution in [3.8, 4) is 0 Å². The van der Waals surface area contributed by atoms with Crippen LogP contribution in [0, 0.1) is 0 Å². The van der Waals surface area contributed by atoms with Crippen LogP contribution < -0.4 is 5.32 Å². The molecule has 1 aliphatic rings. The predicted octanol–water partition coefficient (Wildman–Crippen LogP) is 2.05. The third-order valence-electron chi connectivity index (χ3n) is 4.00. The lowest BCUT2D eigenvalue weighted by atomic mass is 9.95. The molecule has 1 rings (SSSR count). The Labute approximate surface area is 133 Å². The summed E-state index contributed by atoms with van der Waals surface area (Å²) >= 11 is 0. The number of likely N-dealkylation sites (tertiary alicyclic amines) is 1. The SMILES string of the molecule is CCC(O)(CC)C(=O)NC1CCCN(C(=O)OC(C)(C)C)C1. The van der Waals surface area contributed by atoms with Crippen LogP contribution in [0.4, 0.5) is 4.79 Å². The maximum atomic E-state index is 12.2. The van der Waals surface area contributed by atoms with Crippen LogP contribution in [0.5, 0.6) is 0 Å². The maximum Gasteiger partial charge on any atom is 0.410 e. The molecule has 0 aromatic heterocycles. The molecule has 0 spiro atoms. The molecular weight excluding hydrogens is 284 g/mol. The van der Waals surface area contributed by atoms with Crippen molar-refractivity contribution in [1.29, 1.82) is 0 Å². The van der Waals surface area contributed by atoms with Crippen molar-refractivity contribution in [3.05, 3.63) is 0 Å². The van der Waals surface area contributed by atoms with Crippen LogP contribution in [0.15, 0.2) is 0 Å². The van der Waals surface area contributed by atoms with E-state index in [1.54, 1.807) is 18.7 Å². The lowest BCUT2D eigenvalue weighted by molar-refractivity contribution is -0.141. The number of amides is 2. The Morgan fingerprint density at radius 1 is 1.27 bits per heavy atom. The van der Waals surface area contributed by atoms with Crippen LogP contribution in [0.3, 0.4) is 0 Å². The Morgan fingerprint density at radius 3 is 2.36 bits per heavy atom. The molecule has 6 heteroatoms. The Hall–Kier alpha value is -1.30. The minimum absolute atomic E-state index is 0.140. The Morgan fingerprint density at radius 2 is 1.86 bits per heavy atom. The quantitative estimate of drug-likeness (QED) is 0.832. The van der Waals surface area contributed by atoms with Gasteiger partial charge in [-0.1, -0.05) is 13.8 Å². The molecule has 0 radical (unpaired) electrons. The van der Waals surface area contributed by atoms with Gasteiger partial charge in [-0.15, -0.1) is 0 Å². The predicted molar refractivity (Wildman–Crippen MR) is 84.5 cm³/mol. The van der Waals surface area contributed by atoms with Gasteiger partial charge in [0.2, 0.25) is 0 Å². The van der Waals surface area contributed by atoms with Crippen molar-refractivity contribution in [3.63, 3.8) is 0 Å². The van der Waals surface area contributed by atoms with Gasteiger partial charge in [-0.25, -0.2) is 4.79 Å². The summed E-state index contributed by atoms with van der Waals surface area (Å²) in [4.78, 5) is 25.9. The summed E-state index contributed by atoms with van der Waals surface area (Å²) in [5.41, 5.74) is -1.86. The molecular formula is C16H30N2O4. The minimum atomic E-state index is -1.33. The van der Waals surface area contributed by atoms with Crippen molar-refractivity contribution < 1.29 is 19.4 Å². The van der Waals surface area contributed by atoms with Gasteiger partial charge in [0.1, 0.15) is 11.2 Å². The molecule has 1 saturated heterocycles. The van der Waals surface area contributed by atoms with E-state index in [0.717, 1.165) is 12.8 Å². The van der Waals surface area contributed by atoms with Crippen molar-refractivity contribution in [1.82, 2.24) is 10.2 Å². The first-order valence-corrected chi connectivity index (χ1v) is 8.12. The molecule has 1 fully saturated rings. The number of nitrogens with one attached hydrogen (secondary N) is 1. The number of carbonyl (C=O) groups is 2. The van der Waals surface area contributed by atoms with E-state index in [-0.39, 0.29) is 18.0 Å². The molecule has 128 valence electrons. The molecule has 22 heavy (non-hydrogen) atoms. The fraction of sp³-hybridized carbons (Fsp3) is 0.875. The summed E-state index contributed by atoms with van der Waals surface area (Å²) in [6.07, 6.45) is 2.00. The van der Waals surface area contributed by atoms with Crippen LogP contribution in [0.25, 0.3) is 0 Å².